The first-order valence-corrected chi connectivity index (χ1v) is 7.60. The summed E-state index contributed by atoms with van der Waals surface area (Å²) in [5.41, 5.74) is 1.57. The minimum atomic E-state index is -0.730. The smallest absolute Gasteiger partial charge is 0.330 e. The van der Waals surface area contributed by atoms with Crippen LogP contribution >= 0.6 is 0 Å². The summed E-state index contributed by atoms with van der Waals surface area (Å²) in [5, 5.41) is 3.17. The Hall–Kier alpha value is -1.55. The second-order valence-corrected chi connectivity index (χ2v) is 5.70. The highest BCUT2D eigenvalue weighted by atomic mass is 16.5. The molecule has 2 rings (SSSR count). The molecule has 1 atom stereocenters. The second kappa shape index (κ2) is 6.48. The van der Waals surface area contributed by atoms with Crippen molar-refractivity contribution in [3.8, 4) is 5.75 Å². The molecule has 1 N–H and O–H groups in total. The summed E-state index contributed by atoms with van der Waals surface area (Å²) < 4.78 is 11.2. The molecule has 0 spiro atoms. The fraction of sp³-hybridized carbons (Fsp3) is 0.588. The zero-order chi connectivity index (χ0) is 15.5. The number of likely N-dealkylation sites (N-methyl/N-ethyl adjacent to an activating group) is 1. The van der Waals surface area contributed by atoms with Gasteiger partial charge in [-0.25, -0.2) is 4.79 Å². The third-order valence-corrected chi connectivity index (χ3v) is 4.37. The summed E-state index contributed by atoms with van der Waals surface area (Å²) in [6.07, 6.45) is 2.08. The van der Waals surface area contributed by atoms with Crippen LogP contribution in [0.3, 0.4) is 0 Å². The van der Waals surface area contributed by atoms with Crippen molar-refractivity contribution < 1.29 is 14.3 Å². The monoisotopic (exact) mass is 291 g/mol. The molecule has 1 aliphatic rings. The summed E-state index contributed by atoms with van der Waals surface area (Å²) in [6, 6.07) is 5.97. The lowest BCUT2D eigenvalue weighted by Crippen LogP contribution is -2.57. The fourth-order valence-electron chi connectivity index (χ4n) is 2.63. The quantitative estimate of drug-likeness (QED) is 0.785. The van der Waals surface area contributed by atoms with Crippen LogP contribution in [0.4, 0.5) is 0 Å². The van der Waals surface area contributed by atoms with E-state index in [0.29, 0.717) is 19.1 Å². The van der Waals surface area contributed by atoms with Gasteiger partial charge in [-0.2, -0.15) is 0 Å². The highest BCUT2D eigenvalue weighted by Crippen LogP contribution is 2.41. The molecule has 0 aliphatic heterocycles. The first kappa shape index (κ1) is 15.8. The molecule has 4 heteroatoms. The Morgan fingerprint density at radius 2 is 2.10 bits per heavy atom. The Morgan fingerprint density at radius 1 is 1.38 bits per heavy atom. The molecule has 1 saturated carbocycles. The number of esters is 1. The molecule has 1 fully saturated rings. The summed E-state index contributed by atoms with van der Waals surface area (Å²) >= 11 is 0. The lowest BCUT2D eigenvalue weighted by atomic mass is 9.94. The van der Waals surface area contributed by atoms with Crippen molar-refractivity contribution in [3.05, 3.63) is 29.3 Å². The maximum Gasteiger partial charge on any atom is 0.330 e. The van der Waals surface area contributed by atoms with E-state index >= 15 is 0 Å². The number of aryl methyl sites for hydroxylation is 1. The van der Waals surface area contributed by atoms with E-state index in [4.69, 9.17) is 9.47 Å². The highest BCUT2D eigenvalue weighted by Gasteiger charge is 2.52. The molecule has 21 heavy (non-hydrogen) atoms. The molecule has 1 aromatic rings. The van der Waals surface area contributed by atoms with Crippen molar-refractivity contribution in [1.82, 2.24) is 5.32 Å². The highest BCUT2D eigenvalue weighted by molar-refractivity contribution is 5.82. The molecule has 4 nitrogen and oxygen atoms in total. The molecule has 1 aliphatic carbocycles. The topological polar surface area (TPSA) is 47.6 Å². The SMILES string of the molecule is CCOC(=O)C(COc1cccc(C)c1C)(NC)C1CC1. The largest absolute Gasteiger partial charge is 0.491 e. The predicted octanol–water partition coefficient (Wildman–Crippen LogP) is 2.61. The van der Waals surface area contributed by atoms with Crippen LogP contribution in [0.15, 0.2) is 18.2 Å². The minimum Gasteiger partial charge on any atom is -0.491 e. The van der Waals surface area contributed by atoms with Gasteiger partial charge in [-0.05, 0) is 63.8 Å². The van der Waals surface area contributed by atoms with Crippen LogP contribution in [-0.2, 0) is 9.53 Å². The number of ether oxygens (including phenoxy) is 2. The third kappa shape index (κ3) is 3.21. The van der Waals surface area contributed by atoms with Crippen LogP contribution < -0.4 is 10.1 Å². The van der Waals surface area contributed by atoms with Gasteiger partial charge in [0.05, 0.1) is 6.61 Å². The number of benzene rings is 1. The molecular formula is C17H25NO3. The molecule has 0 amide bonds. The minimum absolute atomic E-state index is 0.208. The first-order valence-electron chi connectivity index (χ1n) is 7.60. The van der Waals surface area contributed by atoms with Gasteiger partial charge in [-0.1, -0.05) is 12.1 Å². The number of hydrogen-bond donors (Lipinski definition) is 1. The number of carbonyl (C=O) groups is 1. The molecule has 0 saturated heterocycles. The average molecular weight is 291 g/mol. The summed E-state index contributed by atoms with van der Waals surface area (Å²) in [4.78, 5) is 12.4. The number of hydrogen-bond acceptors (Lipinski definition) is 4. The Labute approximate surface area is 126 Å². The zero-order valence-electron chi connectivity index (χ0n) is 13.4. The molecule has 1 unspecified atom stereocenters. The second-order valence-electron chi connectivity index (χ2n) is 5.70. The van der Waals surface area contributed by atoms with Crippen LogP contribution in [0.5, 0.6) is 5.75 Å². The first-order chi connectivity index (χ1) is 10.0. The normalized spacial score (nSPS) is 17.1. The van der Waals surface area contributed by atoms with Crippen LogP contribution in [0.1, 0.15) is 30.9 Å². The molecule has 0 heterocycles. The molecule has 1 aromatic carbocycles. The van der Waals surface area contributed by atoms with Gasteiger partial charge in [-0.3, -0.25) is 0 Å². The van der Waals surface area contributed by atoms with Gasteiger partial charge < -0.3 is 14.8 Å². The van der Waals surface area contributed by atoms with E-state index in [9.17, 15) is 4.79 Å². The Bertz CT molecular complexity index is 511. The average Bonchev–Trinajstić information content (AvgIpc) is 3.30. The van der Waals surface area contributed by atoms with Crippen molar-refractivity contribution in [1.29, 1.82) is 0 Å². The lowest BCUT2D eigenvalue weighted by molar-refractivity contribution is -0.153. The number of carbonyl (C=O) groups excluding carboxylic acids is 1. The van der Waals surface area contributed by atoms with Crippen LogP contribution in [0.2, 0.25) is 0 Å². The molecule has 0 bridgehead atoms. The van der Waals surface area contributed by atoms with E-state index in [0.717, 1.165) is 24.2 Å². The van der Waals surface area contributed by atoms with Gasteiger partial charge >= 0.3 is 5.97 Å². The molecule has 0 aromatic heterocycles. The van der Waals surface area contributed by atoms with E-state index < -0.39 is 5.54 Å². The van der Waals surface area contributed by atoms with Gasteiger partial charge in [0.1, 0.15) is 12.4 Å². The Balaban J connectivity index is 2.16. The zero-order valence-corrected chi connectivity index (χ0v) is 13.4. The maximum absolute atomic E-state index is 12.4. The molecular weight excluding hydrogens is 266 g/mol. The third-order valence-electron chi connectivity index (χ3n) is 4.37. The van der Waals surface area contributed by atoms with Crippen LogP contribution in [-0.4, -0.2) is 31.8 Å². The van der Waals surface area contributed by atoms with Crippen molar-refractivity contribution in [2.75, 3.05) is 20.3 Å². The lowest BCUT2D eigenvalue weighted by Gasteiger charge is -2.31. The Morgan fingerprint density at radius 3 is 2.67 bits per heavy atom. The van der Waals surface area contributed by atoms with Crippen LogP contribution in [0, 0.1) is 19.8 Å². The maximum atomic E-state index is 12.4. The van der Waals surface area contributed by atoms with E-state index in [1.807, 2.05) is 33.0 Å². The van der Waals surface area contributed by atoms with E-state index in [1.165, 1.54) is 5.56 Å². The summed E-state index contributed by atoms with van der Waals surface area (Å²) in [5.74, 6) is 0.923. The van der Waals surface area contributed by atoms with Gasteiger partial charge in [0.15, 0.2) is 5.54 Å². The standard InChI is InChI=1S/C17H25NO3/c1-5-20-16(19)17(18-4,14-9-10-14)11-21-15-8-6-7-12(2)13(15)3/h6-8,14,18H,5,9-11H2,1-4H3. The van der Waals surface area contributed by atoms with Gasteiger partial charge in [0.25, 0.3) is 0 Å². The number of nitrogens with one attached hydrogen (secondary N) is 1. The van der Waals surface area contributed by atoms with E-state index in [-0.39, 0.29) is 5.97 Å². The van der Waals surface area contributed by atoms with Crippen LogP contribution in [0.25, 0.3) is 0 Å². The number of rotatable bonds is 7. The summed E-state index contributed by atoms with van der Waals surface area (Å²) in [7, 11) is 1.81. The van der Waals surface area contributed by atoms with Crippen molar-refractivity contribution in [3.63, 3.8) is 0 Å². The van der Waals surface area contributed by atoms with Crippen molar-refractivity contribution >= 4 is 5.97 Å². The summed E-state index contributed by atoms with van der Waals surface area (Å²) in [6.45, 7) is 6.61. The van der Waals surface area contributed by atoms with E-state index in [2.05, 4.69) is 18.3 Å². The van der Waals surface area contributed by atoms with E-state index in [1.54, 1.807) is 0 Å². The van der Waals surface area contributed by atoms with Crippen molar-refractivity contribution in [2.24, 2.45) is 5.92 Å². The Kier molecular flexibility index (Phi) is 4.88. The predicted molar refractivity (Wildman–Crippen MR) is 82.6 cm³/mol. The van der Waals surface area contributed by atoms with Gasteiger partial charge in [-0.15, -0.1) is 0 Å². The van der Waals surface area contributed by atoms with Gasteiger partial charge in [0.2, 0.25) is 0 Å². The van der Waals surface area contributed by atoms with Gasteiger partial charge in [0, 0.05) is 0 Å². The van der Waals surface area contributed by atoms with Crippen molar-refractivity contribution in [2.45, 2.75) is 39.2 Å². The fourth-order valence-corrected chi connectivity index (χ4v) is 2.63. The molecule has 116 valence electrons. The molecule has 0 radical (unpaired) electrons.